The average molecular weight is 543 g/mol. The lowest BCUT2D eigenvalue weighted by molar-refractivity contribution is 0.0950. The predicted molar refractivity (Wildman–Crippen MR) is 110 cm³/mol. The van der Waals surface area contributed by atoms with Gasteiger partial charge in [0.15, 0.2) is 0 Å². The summed E-state index contributed by atoms with van der Waals surface area (Å²) in [5.74, 6) is -0.383. The van der Waals surface area contributed by atoms with Gasteiger partial charge in [0.25, 0.3) is 5.91 Å². The van der Waals surface area contributed by atoms with Crippen LogP contribution in [0.25, 0.3) is 11.3 Å². The molecule has 0 saturated heterocycles. The smallest absolute Gasteiger partial charge is 0.289 e. The number of aromatic amines is 1. The molecule has 3 aromatic rings. The van der Waals surface area contributed by atoms with E-state index in [-0.39, 0.29) is 11.4 Å². The van der Waals surface area contributed by atoms with Crippen LogP contribution in [0.5, 0.6) is 5.75 Å². The van der Waals surface area contributed by atoms with E-state index in [1.807, 2.05) is 30.3 Å². The summed E-state index contributed by atoms with van der Waals surface area (Å²) < 4.78 is 1.67. The maximum Gasteiger partial charge on any atom is 0.289 e. The third kappa shape index (κ3) is 4.05. The Morgan fingerprint density at radius 1 is 1.15 bits per heavy atom. The first-order valence-electron chi connectivity index (χ1n) is 7.28. The number of phenolic OH excluding ortho intramolecular Hbond substituents is 1. The Balaban J connectivity index is 1.73. The minimum atomic E-state index is -0.426. The molecule has 2 aromatic carbocycles. The largest absolute Gasteiger partial charge is 0.506 e. The number of phenols is 1. The van der Waals surface area contributed by atoms with Crippen molar-refractivity contribution in [1.82, 2.24) is 15.6 Å². The molecule has 0 aliphatic carbocycles. The summed E-state index contributed by atoms with van der Waals surface area (Å²) in [6.45, 7) is 0. The van der Waals surface area contributed by atoms with Crippen LogP contribution in [0.1, 0.15) is 16.1 Å². The molecule has 26 heavy (non-hydrogen) atoms. The first kappa shape index (κ1) is 18.8. The number of H-pyrrole nitrogens is 1. The van der Waals surface area contributed by atoms with Crippen LogP contribution in [0.4, 0.5) is 0 Å². The van der Waals surface area contributed by atoms with E-state index in [1.165, 1.54) is 6.21 Å². The Kier molecular flexibility index (Phi) is 5.90. The number of nitrogens with zero attached hydrogens (tertiary/aromatic N) is 2. The first-order chi connectivity index (χ1) is 12.5. The zero-order valence-corrected chi connectivity index (χ0v) is 17.8. The van der Waals surface area contributed by atoms with Gasteiger partial charge in [-0.15, -0.1) is 0 Å². The van der Waals surface area contributed by atoms with Crippen LogP contribution in [0.15, 0.2) is 61.0 Å². The fourth-order valence-corrected chi connectivity index (χ4v) is 4.45. The molecule has 0 bridgehead atoms. The molecule has 132 valence electrons. The Hall–Kier alpha value is -1.97. The highest BCUT2D eigenvalue weighted by Crippen LogP contribution is 2.38. The van der Waals surface area contributed by atoms with Gasteiger partial charge in [-0.1, -0.05) is 46.3 Å². The Morgan fingerprint density at radius 2 is 1.88 bits per heavy atom. The van der Waals surface area contributed by atoms with Gasteiger partial charge in [0.2, 0.25) is 0 Å². The van der Waals surface area contributed by atoms with E-state index in [1.54, 1.807) is 12.1 Å². The van der Waals surface area contributed by atoms with Crippen LogP contribution in [0, 0.1) is 0 Å². The summed E-state index contributed by atoms with van der Waals surface area (Å²) >= 11 is 9.91. The van der Waals surface area contributed by atoms with Gasteiger partial charge in [0, 0.05) is 15.6 Å². The van der Waals surface area contributed by atoms with E-state index in [2.05, 4.69) is 68.5 Å². The van der Waals surface area contributed by atoms with Crippen molar-refractivity contribution < 1.29 is 9.90 Å². The molecule has 1 amide bonds. The molecule has 6 nitrogen and oxygen atoms in total. The van der Waals surface area contributed by atoms with Crippen molar-refractivity contribution in [3.8, 4) is 17.0 Å². The van der Waals surface area contributed by atoms with E-state index in [0.29, 0.717) is 24.7 Å². The number of carbonyl (C=O) groups is 1. The topological polar surface area (TPSA) is 90.4 Å². The Morgan fingerprint density at radius 3 is 2.62 bits per heavy atom. The third-order valence-electron chi connectivity index (χ3n) is 3.43. The monoisotopic (exact) mass is 540 g/mol. The molecule has 3 rings (SSSR count). The van der Waals surface area contributed by atoms with Crippen molar-refractivity contribution in [1.29, 1.82) is 0 Å². The number of hydrazone groups is 1. The zero-order chi connectivity index (χ0) is 18.7. The van der Waals surface area contributed by atoms with Crippen molar-refractivity contribution in [2.24, 2.45) is 5.10 Å². The number of aromatic nitrogens is 2. The molecule has 3 N–H and O–H groups in total. The predicted octanol–water partition coefficient (Wildman–Crippen LogP) is 4.83. The lowest BCUT2D eigenvalue weighted by Crippen LogP contribution is -2.18. The lowest BCUT2D eigenvalue weighted by atomic mass is 10.1. The number of amides is 1. The van der Waals surface area contributed by atoms with Crippen molar-refractivity contribution in [2.75, 3.05) is 0 Å². The molecule has 0 aliphatic heterocycles. The Labute approximate surface area is 174 Å². The number of nitrogens with one attached hydrogen (secondary N) is 2. The summed E-state index contributed by atoms with van der Waals surface area (Å²) in [5, 5.41) is 20.7. The molecule has 9 heteroatoms. The van der Waals surface area contributed by atoms with Gasteiger partial charge in [0.05, 0.1) is 20.9 Å². The number of carbonyl (C=O) groups excluding carboxylic acids is 1. The fourth-order valence-electron chi connectivity index (χ4n) is 2.12. The maximum atomic E-state index is 12.2. The second-order valence-corrected chi connectivity index (χ2v) is 7.65. The van der Waals surface area contributed by atoms with Gasteiger partial charge in [-0.2, -0.15) is 10.2 Å². The molecule has 0 saturated carbocycles. The van der Waals surface area contributed by atoms with Gasteiger partial charge in [0.1, 0.15) is 11.4 Å². The number of hydrogen-bond acceptors (Lipinski definition) is 4. The SMILES string of the molecule is O=C(N/N=C\c1c(Br)cc(Br)c(O)c1Br)c1cc(-c2ccccc2)n[nH]1. The zero-order valence-electron chi connectivity index (χ0n) is 13.0. The van der Waals surface area contributed by atoms with Crippen molar-refractivity contribution >= 4 is 59.9 Å². The van der Waals surface area contributed by atoms with Crippen molar-refractivity contribution in [3.63, 3.8) is 0 Å². The van der Waals surface area contributed by atoms with Crippen molar-refractivity contribution in [2.45, 2.75) is 0 Å². The molecule has 0 atom stereocenters. The quantitative estimate of drug-likeness (QED) is 0.326. The van der Waals surface area contributed by atoms with E-state index in [0.717, 1.165) is 5.56 Å². The first-order valence-corrected chi connectivity index (χ1v) is 9.66. The van der Waals surface area contributed by atoms with E-state index in [4.69, 9.17) is 0 Å². The molecule has 1 heterocycles. The van der Waals surface area contributed by atoms with Gasteiger partial charge < -0.3 is 5.11 Å². The van der Waals surface area contributed by atoms with Gasteiger partial charge in [-0.25, -0.2) is 5.43 Å². The van der Waals surface area contributed by atoms with Crippen LogP contribution < -0.4 is 5.43 Å². The van der Waals surface area contributed by atoms with Crippen LogP contribution in [0.3, 0.4) is 0 Å². The van der Waals surface area contributed by atoms with E-state index < -0.39 is 5.91 Å². The summed E-state index contributed by atoms with van der Waals surface area (Å²) in [6, 6.07) is 12.9. The minimum absolute atomic E-state index is 0.0436. The van der Waals surface area contributed by atoms with Crippen LogP contribution in [0.2, 0.25) is 0 Å². The molecule has 0 aliphatic rings. The normalized spacial score (nSPS) is 11.0. The standard InChI is InChI=1S/C17H11Br3N4O2/c18-11-6-12(19)16(25)15(20)10(11)8-21-24-17(26)14-7-13(22-23-14)9-4-2-1-3-5-9/h1-8,25H,(H,22,23)(H,24,26)/b21-8-. The highest BCUT2D eigenvalue weighted by Gasteiger charge is 2.13. The lowest BCUT2D eigenvalue weighted by Gasteiger charge is -2.06. The number of aromatic hydroxyl groups is 1. The summed E-state index contributed by atoms with van der Waals surface area (Å²) in [5.41, 5.74) is 4.87. The van der Waals surface area contributed by atoms with E-state index in [9.17, 15) is 9.90 Å². The van der Waals surface area contributed by atoms with Gasteiger partial charge in [-0.3, -0.25) is 9.89 Å². The molecule has 0 fully saturated rings. The molecule has 0 spiro atoms. The Bertz CT molecular complexity index is 987. The molecular weight excluding hydrogens is 532 g/mol. The number of halogens is 3. The second-order valence-electron chi connectivity index (χ2n) is 5.15. The number of benzene rings is 2. The molecular formula is C17H11Br3N4O2. The third-order valence-corrected chi connectivity index (χ3v) is 5.50. The van der Waals surface area contributed by atoms with Crippen LogP contribution in [-0.4, -0.2) is 27.4 Å². The van der Waals surface area contributed by atoms with Crippen LogP contribution in [-0.2, 0) is 0 Å². The number of hydrogen-bond donors (Lipinski definition) is 3. The average Bonchev–Trinajstić information content (AvgIpc) is 3.13. The highest BCUT2D eigenvalue weighted by atomic mass is 79.9. The molecule has 0 unspecified atom stereocenters. The summed E-state index contributed by atoms with van der Waals surface area (Å²) in [7, 11) is 0. The summed E-state index contributed by atoms with van der Waals surface area (Å²) in [6.07, 6.45) is 1.42. The van der Waals surface area contributed by atoms with E-state index >= 15 is 0 Å². The van der Waals surface area contributed by atoms with Gasteiger partial charge >= 0.3 is 0 Å². The molecule has 1 aromatic heterocycles. The fraction of sp³-hybridized carbons (Fsp3) is 0. The molecule has 0 radical (unpaired) electrons. The van der Waals surface area contributed by atoms with Gasteiger partial charge in [-0.05, 0) is 44.0 Å². The second kappa shape index (κ2) is 8.15. The highest BCUT2D eigenvalue weighted by molar-refractivity contribution is 9.11. The maximum absolute atomic E-state index is 12.2. The van der Waals surface area contributed by atoms with Crippen molar-refractivity contribution in [3.05, 3.63) is 67.1 Å². The minimum Gasteiger partial charge on any atom is -0.506 e. The summed E-state index contributed by atoms with van der Waals surface area (Å²) in [4.78, 5) is 12.2. The number of rotatable bonds is 4. The van der Waals surface area contributed by atoms with Crippen LogP contribution >= 0.6 is 47.8 Å².